The number of nitrogens with zero attached hydrogens (tertiary/aromatic N) is 4. The number of aromatic nitrogens is 2. The fraction of sp³-hybridized carbons (Fsp3) is 0.462. The van der Waals surface area contributed by atoms with Gasteiger partial charge in [0.05, 0.1) is 33.0 Å². The fourth-order valence-corrected chi connectivity index (χ4v) is 5.03. The van der Waals surface area contributed by atoms with E-state index in [2.05, 4.69) is 16.6 Å². The summed E-state index contributed by atoms with van der Waals surface area (Å²) < 4.78 is 13.1. The van der Waals surface area contributed by atoms with Gasteiger partial charge in [-0.1, -0.05) is 36.7 Å². The Morgan fingerprint density at radius 1 is 1.26 bits per heavy atom. The van der Waals surface area contributed by atoms with Gasteiger partial charge >= 0.3 is 0 Å². The molecule has 2 N–H and O–H groups in total. The van der Waals surface area contributed by atoms with E-state index in [0.29, 0.717) is 18.9 Å². The maximum absolute atomic E-state index is 6.45. The Bertz CT molecular complexity index is 1100. The predicted octanol–water partition coefficient (Wildman–Crippen LogP) is 3.98. The standard InChI is InChI=1S/C26H35N5O3/c1-6-7-12-22-18(2)30(3)24(28-22)25-29-34-26(17-27,20-10-8-9-11-20)31(25)16-19-13-14-21(32-4)15-23(19)33-5/h6-7,12-15,20H,1,8-11,16-17,27H2,2-5H3/b12-7-. The van der Waals surface area contributed by atoms with Crippen LogP contribution in [0, 0.1) is 12.8 Å². The molecule has 0 amide bonds. The Labute approximate surface area is 201 Å². The van der Waals surface area contributed by atoms with E-state index < -0.39 is 5.72 Å². The van der Waals surface area contributed by atoms with Gasteiger partial charge in [-0.15, -0.1) is 0 Å². The number of allylic oxidation sites excluding steroid dienone is 2. The molecule has 1 atom stereocenters. The van der Waals surface area contributed by atoms with Gasteiger partial charge < -0.3 is 29.5 Å². The number of amidine groups is 1. The van der Waals surface area contributed by atoms with Crippen LogP contribution >= 0.6 is 0 Å². The van der Waals surface area contributed by atoms with Crippen LogP contribution in [0.4, 0.5) is 0 Å². The zero-order valence-electron chi connectivity index (χ0n) is 20.6. The lowest BCUT2D eigenvalue weighted by atomic mass is 9.91. The molecule has 8 nitrogen and oxygen atoms in total. The molecule has 0 spiro atoms. The van der Waals surface area contributed by atoms with Crippen LogP contribution in [0.3, 0.4) is 0 Å². The van der Waals surface area contributed by atoms with Crippen LogP contribution in [0.2, 0.25) is 0 Å². The first-order valence-electron chi connectivity index (χ1n) is 11.8. The van der Waals surface area contributed by atoms with Crippen molar-refractivity contribution >= 4 is 11.9 Å². The molecular weight excluding hydrogens is 430 g/mol. The van der Waals surface area contributed by atoms with Gasteiger partial charge in [-0.05, 0) is 38.0 Å². The first-order chi connectivity index (χ1) is 16.5. The summed E-state index contributed by atoms with van der Waals surface area (Å²) in [5.74, 6) is 3.19. The number of nitrogens with two attached hydrogens (primary N) is 1. The Morgan fingerprint density at radius 2 is 2.03 bits per heavy atom. The maximum Gasteiger partial charge on any atom is 0.226 e. The third-order valence-electron chi connectivity index (χ3n) is 7.12. The molecule has 4 rings (SSSR count). The van der Waals surface area contributed by atoms with Crippen LogP contribution in [0.25, 0.3) is 6.08 Å². The van der Waals surface area contributed by atoms with Crippen molar-refractivity contribution in [2.45, 2.75) is 44.9 Å². The zero-order valence-corrected chi connectivity index (χ0v) is 20.6. The maximum atomic E-state index is 6.45. The number of rotatable bonds is 9. The van der Waals surface area contributed by atoms with E-state index in [9.17, 15) is 0 Å². The molecule has 2 aromatic rings. The number of methoxy groups -OCH3 is 2. The summed E-state index contributed by atoms with van der Waals surface area (Å²) in [4.78, 5) is 13.4. The molecule has 1 aliphatic carbocycles. The van der Waals surface area contributed by atoms with E-state index in [1.54, 1.807) is 20.3 Å². The average molecular weight is 466 g/mol. The van der Waals surface area contributed by atoms with Crippen molar-refractivity contribution in [2.24, 2.45) is 23.9 Å². The van der Waals surface area contributed by atoms with Gasteiger partial charge in [0, 0.05) is 30.3 Å². The van der Waals surface area contributed by atoms with Crippen molar-refractivity contribution in [1.82, 2.24) is 14.5 Å². The molecule has 182 valence electrons. The second-order valence-corrected chi connectivity index (χ2v) is 8.86. The Hall–Kier alpha value is -3.26. The highest BCUT2D eigenvalue weighted by molar-refractivity contribution is 5.97. The smallest absolute Gasteiger partial charge is 0.226 e. The molecule has 1 fully saturated rings. The molecule has 2 aliphatic rings. The van der Waals surface area contributed by atoms with E-state index in [4.69, 9.17) is 25.0 Å². The summed E-state index contributed by atoms with van der Waals surface area (Å²) in [7, 11) is 5.31. The Morgan fingerprint density at radius 3 is 2.68 bits per heavy atom. The molecule has 0 bridgehead atoms. The highest BCUT2D eigenvalue weighted by atomic mass is 16.7. The van der Waals surface area contributed by atoms with Crippen molar-refractivity contribution < 1.29 is 14.3 Å². The summed E-state index contributed by atoms with van der Waals surface area (Å²) in [5.41, 5.74) is 8.61. The molecule has 1 aliphatic heterocycles. The van der Waals surface area contributed by atoms with Crippen molar-refractivity contribution in [2.75, 3.05) is 20.8 Å². The third kappa shape index (κ3) is 4.07. The van der Waals surface area contributed by atoms with E-state index in [0.717, 1.165) is 47.1 Å². The minimum absolute atomic E-state index is 0.282. The zero-order chi connectivity index (χ0) is 24.3. The lowest BCUT2D eigenvalue weighted by Gasteiger charge is -2.40. The largest absolute Gasteiger partial charge is 0.497 e. The van der Waals surface area contributed by atoms with Crippen molar-refractivity contribution in [3.05, 3.63) is 59.7 Å². The first-order valence-corrected chi connectivity index (χ1v) is 11.8. The predicted molar refractivity (Wildman–Crippen MR) is 134 cm³/mol. The normalized spacial score (nSPS) is 20.6. The molecule has 1 unspecified atom stereocenters. The number of oxime groups is 1. The van der Waals surface area contributed by atoms with Crippen LogP contribution in [0.1, 0.15) is 48.5 Å². The van der Waals surface area contributed by atoms with Gasteiger partial charge in [0.2, 0.25) is 11.6 Å². The lowest BCUT2D eigenvalue weighted by Crippen LogP contribution is -2.57. The topological polar surface area (TPSA) is 87.1 Å². The molecule has 8 heteroatoms. The van der Waals surface area contributed by atoms with Crippen LogP contribution in [-0.2, 0) is 18.4 Å². The molecule has 0 saturated heterocycles. The van der Waals surface area contributed by atoms with Crippen molar-refractivity contribution in [1.29, 1.82) is 0 Å². The second kappa shape index (κ2) is 9.93. The number of benzene rings is 1. The summed E-state index contributed by atoms with van der Waals surface area (Å²) in [6, 6.07) is 5.85. The summed E-state index contributed by atoms with van der Waals surface area (Å²) in [6.07, 6.45) is 10.0. The van der Waals surface area contributed by atoms with E-state index in [-0.39, 0.29) is 5.92 Å². The summed E-state index contributed by atoms with van der Waals surface area (Å²) in [6.45, 7) is 6.65. The average Bonchev–Trinajstić information content (AvgIpc) is 3.58. The van der Waals surface area contributed by atoms with Gasteiger partial charge in [-0.2, -0.15) is 0 Å². The molecule has 1 aromatic heterocycles. The summed E-state index contributed by atoms with van der Waals surface area (Å²) in [5, 5.41) is 4.61. The van der Waals surface area contributed by atoms with E-state index >= 15 is 0 Å². The molecule has 34 heavy (non-hydrogen) atoms. The van der Waals surface area contributed by atoms with Crippen LogP contribution < -0.4 is 15.2 Å². The van der Waals surface area contributed by atoms with Gasteiger partial charge in [0.15, 0.2) is 5.82 Å². The highest BCUT2D eigenvalue weighted by Crippen LogP contribution is 2.43. The molecular formula is C26H35N5O3. The van der Waals surface area contributed by atoms with Crippen molar-refractivity contribution in [3.63, 3.8) is 0 Å². The van der Waals surface area contributed by atoms with Gasteiger partial charge in [0.1, 0.15) is 11.5 Å². The Balaban J connectivity index is 1.79. The van der Waals surface area contributed by atoms with Crippen LogP contribution in [0.15, 0.2) is 42.1 Å². The molecule has 0 radical (unpaired) electrons. The molecule has 2 heterocycles. The number of imidazole rings is 1. The quantitative estimate of drug-likeness (QED) is 0.564. The summed E-state index contributed by atoms with van der Waals surface area (Å²) >= 11 is 0. The fourth-order valence-electron chi connectivity index (χ4n) is 5.03. The Kier molecular flexibility index (Phi) is 6.97. The minimum Gasteiger partial charge on any atom is -0.497 e. The van der Waals surface area contributed by atoms with E-state index in [1.165, 1.54) is 12.8 Å². The highest BCUT2D eigenvalue weighted by Gasteiger charge is 2.53. The monoisotopic (exact) mass is 465 g/mol. The number of hydrogen-bond donors (Lipinski definition) is 1. The number of ether oxygens (including phenoxy) is 2. The van der Waals surface area contributed by atoms with Crippen molar-refractivity contribution in [3.8, 4) is 11.5 Å². The van der Waals surface area contributed by atoms with Crippen LogP contribution in [-0.4, -0.2) is 46.8 Å². The SMILES string of the molecule is C=C/C=C\c1nc(C2=NOC(CN)(C3CCCC3)N2Cc2ccc(OC)cc2OC)n(C)c1C. The van der Waals surface area contributed by atoms with Gasteiger partial charge in [-0.3, -0.25) is 0 Å². The van der Waals surface area contributed by atoms with Gasteiger partial charge in [-0.25, -0.2) is 4.98 Å². The van der Waals surface area contributed by atoms with E-state index in [1.807, 2.05) is 48.9 Å². The number of hydrogen-bond acceptors (Lipinski definition) is 7. The third-order valence-corrected chi connectivity index (χ3v) is 7.12. The first kappa shape index (κ1) is 23.9. The lowest BCUT2D eigenvalue weighted by molar-refractivity contribution is -0.134. The molecule has 1 saturated carbocycles. The minimum atomic E-state index is -0.728. The second-order valence-electron chi connectivity index (χ2n) is 8.86. The molecule has 1 aromatic carbocycles. The van der Waals surface area contributed by atoms with Gasteiger partial charge in [0.25, 0.3) is 0 Å². The van der Waals surface area contributed by atoms with Crippen LogP contribution in [0.5, 0.6) is 11.5 Å².